The van der Waals surface area contributed by atoms with Crippen molar-refractivity contribution < 1.29 is 4.42 Å². The van der Waals surface area contributed by atoms with Crippen molar-refractivity contribution >= 4 is 29.9 Å². The van der Waals surface area contributed by atoms with Gasteiger partial charge in [0.25, 0.3) is 0 Å². The highest BCUT2D eigenvalue weighted by Crippen LogP contribution is 2.24. The van der Waals surface area contributed by atoms with E-state index in [9.17, 15) is 0 Å². The summed E-state index contributed by atoms with van der Waals surface area (Å²) in [6.45, 7) is 11.1. The number of furan rings is 1. The lowest BCUT2D eigenvalue weighted by Gasteiger charge is -2.36. The Labute approximate surface area is 193 Å². The number of piperidine rings is 2. The van der Waals surface area contributed by atoms with Crippen LogP contribution < -0.4 is 10.6 Å². The molecule has 2 aliphatic rings. The lowest BCUT2D eigenvalue weighted by Crippen LogP contribution is -2.48. The van der Waals surface area contributed by atoms with E-state index in [1.165, 1.54) is 45.2 Å². The summed E-state index contributed by atoms with van der Waals surface area (Å²) in [5.41, 5.74) is 0. The molecule has 0 bridgehead atoms. The molecule has 7 heteroatoms. The van der Waals surface area contributed by atoms with Gasteiger partial charge in [0.1, 0.15) is 5.76 Å². The number of likely N-dealkylation sites (tertiary alicyclic amines) is 2. The Bertz CT molecular complexity index is 586. The van der Waals surface area contributed by atoms with E-state index in [0.29, 0.717) is 12.0 Å². The summed E-state index contributed by atoms with van der Waals surface area (Å²) < 4.78 is 5.76. The first-order valence-corrected chi connectivity index (χ1v) is 11.1. The SMILES string of the molecule is CN=C(NCC1CCCN(C(C)C)C1)NCC(c1ccco1)N1CCCCC1.I. The molecule has 0 radical (unpaired) electrons. The number of hydrogen-bond acceptors (Lipinski definition) is 4. The highest BCUT2D eigenvalue weighted by atomic mass is 127. The van der Waals surface area contributed by atoms with Crippen molar-refractivity contribution in [3.63, 3.8) is 0 Å². The average Bonchev–Trinajstić information content (AvgIpc) is 3.26. The van der Waals surface area contributed by atoms with Gasteiger partial charge in [-0.05, 0) is 77.2 Å². The van der Waals surface area contributed by atoms with Crippen LogP contribution in [0.2, 0.25) is 0 Å². The first kappa shape index (κ1) is 24.5. The molecule has 2 fully saturated rings. The highest BCUT2D eigenvalue weighted by Gasteiger charge is 2.25. The van der Waals surface area contributed by atoms with E-state index < -0.39 is 0 Å². The maximum atomic E-state index is 5.76. The molecule has 0 aliphatic carbocycles. The Morgan fingerprint density at radius 2 is 1.90 bits per heavy atom. The van der Waals surface area contributed by atoms with Crippen LogP contribution in [0, 0.1) is 5.92 Å². The zero-order chi connectivity index (χ0) is 19.8. The molecular weight excluding hydrogens is 477 g/mol. The van der Waals surface area contributed by atoms with Crippen LogP contribution in [0.1, 0.15) is 57.8 Å². The van der Waals surface area contributed by atoms with Gasteiger partial charge >= 0.3 is 0 Å². The van der Waals surface area contributed by atoms with Crippen LogP contribution in [0.15, 0.2) is 27.8 Å². The summed E-state index contributed by atoms with van der Waals surface area (Å²) in [6, 6.07) is 4.99. The minimum absolute atomic E-state index is 0. The maximum Gasteiger partial charge on any atom is 0.191 e. The topological polar surface area (TPSA) is 56.0 Å². The van der Waals surface area contributed by atoms with Crippen molar-refractivity contribution in [2.45, 2.75) is 58.0 Å². The largest absolute Gasteiger partial charge is 0.468 e. The molecular formula is C22H40IN5O. The van der Waals surface area contributed by atoms with Crippen molar-refractivity contribution in [3.8, 4) is 0 Å². The van der Waals surface area contributed by atoms with E-state index in [2.05, 4.69) is 45.3 Å². The molecule has 2 unspecified atom stereocenters. The molecule has 0 spiro atoms. The monoisotopic (exact) mass is 517 g/mol. The van der Waals surface area contributed by atoms with Crippen LogP contribution in [-0.2, 0) is 0 Å². The summed E-state index contributed by atoms with van der Waals surface area (Å²) in [4.78, 5) is 9.60. The number of halogens is 1. The summed E-state index contributed by atoms with van der Waals surface area (Å²) in [7, 11) is 1.86. The smallest absolute Gasteiger partial charge is 0.191 e. The fourth-order valence-electron chi connectivity index (χ4n) is 4.51. The van der Waals surface area contributed by atoms with E-state index in [-0.39, 0.29) is 30.0 Å². The van der Waals surface area contributed by atoms with Gasteiger partial charge in [0.15, 0.2) is 5.96 Å². The van der Waals surface area contributed by atoms with Gasteiger partial charge in [0, 0.05) is 32.7 Å². The Morgan fingerprint density at radius 3 is 2.55 bits per heavy atom. The van der Waals surface area contributed by atoms with Gasteiger partial charge in [0.05, 0.1) is 12.3 Å². The van der Waals surface area contributed by atoms with Gasteiger partial charge in [-0.15, -0.1) is 24.0 Å². The molecule has 3 rings (SSSR count). The number of guanidine groups is 1. The zero-order valence-corrected chi connectivity index (χ0v) is 20.7. The second-order valence-corrected chi connectivity index (χ2v) is 8.56. The van der Waals surface area contributed by atoms with Crippen LogP contribution in [0.25, 0.3) is 0 Å². The molecule has 2 atom stereocenters. The molecule has 29 heavy (non-hydrogen) atoms. The molecule has 3 heterocycles. The number of aliphatic imine (C=N–C) groups is 1. The van der Waals surface area contributed by atoms with Gasteiger partial charge in [0.2, 0.25) is 0 Å². The van der Waals surface area contributed by atoms with Gasteiger partial charge in [-0.3, -0.25) is 9.89 Å². The van der Waals surface area contributed by atoms with Gasteiger partial charge in [-0.25, -0.2) is 0 Å². The lowest BCUT2D eigenvalue weighted by molar-refractivity contribution is 0.140. The molecule has 1 aromatic heterocycles. The molecule has 2 N–H and O–H groups in total. The number of rotatable bonds is 7. The summed E-state index contributed by atoms with van der Waals surface area (Å²) in [5, 5.41) is 7.12. The summed E-state index contributed by atoms with van der Waals surface area (Å²) >= 11 is 0. The summed E-state index contributed by atoms with van der Waals surface area (Å²) in [5.74, 6) is 2.64. The fourth-order valence-corrected chi connectivity index (χ4v) is 4.51. The number of nitrogens with zero attached hydrogens (tertiary/aromatic N) is 3. The van der Waals surface area contributed by atoms with Crippen molar-refractivity contribution in [2.24, 2.45) is 10.9 Å². The van der Waals surface area contributed by atoms with Crippen LogP contribution in [0.4, 0.5) is 0 Å². The number of hydrogen-bond donors (Lipinski definition) is 2. The Balaban J connectivity index is 0.00000300. The van der Waals surface area contributed by atoms with Crippen molar-refractivity contribution in [2.75, 3.05) is 46.3 Å². The normalized spacial score (nSPS) is 22.9. The minimum Gasteiger partial charge on any atom is -0.468 e. The average molecular weight is 518 g/mol. The quantitative estimate of drug-likeness (QED) is 0.328. The molecule has 2 saturated heterocycles. The first-order valence-electron chi connectivity index (χ1n) is 11.1. The second kappa shape index (κ2) is 12.8. The van der Waals surface area contributed by atoms with E-state index in [1.54, 1.807) is 6.26 Å². The van der Waals surface area contributed by atoms with Crippen molar-refractivity contribution in [1.29, 1.82) is 0 Å². The first-order chi connectivity index (χ1) is 13.7. The van der Waals surface area contributed by atoms with Crippen LogP contribution in [0.5, 0.6) is 0 Å². The molecule has 166 valence electrons. The third kappa shape index (κ3) is 7.43. The Kier molecular flexibility index (Phi) is 10.8. The standard InChI is InChI=1S/C22H39N5O.HI/c1-18(2)27-13-7-9-19(17-27)15-24-22(23-3)25-16-20(21-10-8-14-28-21)26-11-5-4-6-12-26;/h8,10,14,18-20H,4-7,9,11-13,15-17H2,1-3H3,(H2,23,24,25);1H. The van der Waals surface area contributed by atoms with Crippen molar-refractivity contribution in [3.05, 3.63) is 24.2 Å². The van der Waals surface area contributed by atoms with Crippen molar-refractivity contribution in [1.82, 2.24) is 20.4 Å². The second-order valence-electron chi connectivity index (χ2n) is 8.56. The zero-order valence-electron chi connectivity index (χ0n) is 18.4. The van der Waals surface area contributed by atoms with Gasteiger partial charge < -0.3 is 20.0 Å². The van der Waals surface area contributed by atoms with Crippen LogP contribution in [-0.4, -0.2) is 68.1 Å². The molecule has 0 aromatic carbocycles. The minimum atomic E-state index is 0. The number of nitrogens with one attached hydrogen (secondary N) is 2. The third-order valence-corrected chi connectivity index (χ3v) is 6.23. The van der Waals surface area contributed by atoms with E-state index in [4.69, 9.17) is 4.42 Å². The van der Waals surface area contributed by atoms with E-state index in [0.717, 1.165) is 37.9 Å². The molecule has 0 saturated carbocycles. The Hall–Kier alpha value is -0.800. The Morgan fingerprint density at radius 1 is 1.14 bits per heavy atom. The van der Waals surface area contributed by atoms with Gasteiger partial charge in [-0.2, -0.15) is 0 Å². The highest BCUT2D eigenvalue weighted by molar-refractivity contribution is 14.0. The maximum absolute atomic E-state index is 5.76. The molecule has 2 aliphatic heterocycles. The molecule has 1 aromatic rings. The lowest BCUT2D eigenvalue weighted by atomic mass is 9.97. The fraction of sp³-hybridized carbons (Fsp3) is 0.773. The van der Waals surface area contributed by atoms with Gasteiger partial charge in [-0.1, -0.05) is 6.42 Å². The predicted molar refractivity (Wildman–Crippen MR) is 131 cm³/mol. The molecule has 6 nitrogen and oxygen atoms in total. The van der Waals surface area contributed by atoms with E-state index >= 15 is 0 Å². The molecule has 0 amide bonds. The predicted octanol–water partition coefficient (Wildman–Crippen LogP) is 3.71. The van der Waals surface area contributed by atoms with Crippen LogP contribution >= 0.6 is 24.0 Å². The van der Waals surface area contributed by atoms with Crippen LogP contribution in [0.3, 0.4) is 0 Å². The third-order valence-electron chi connectivity index (χ3n) is 6.23. The van der Waals surface area contributed by atoms with E-state index in [1.807, 2.05) is 13.1 Å². The summed E-state index contributed by atoms with van der Waals surface area (Å²) in [6.07, 6.45) is 8.27.